The zero-order valence-electron chi connectivity index (χ0n) is 11.6. The summed E-state index contributed by atoms with van der Waals surface area (Å²) in [4.78, 5) is 14.5. The normalized spacial score (nSPS) is 20.4. The molecule has 1 fully saturated rings. The van der Waals surface area contributed by atoms with Crippen molar-refractivity contribution in [3.05, 3.63) is 22.4 Å². The third kappa shape index (κ3) is 3.60. The topological polar surface area (TPSA) is 34.5 Å². The van der Waals surface area contributed by atoms with E-state index in [2.05, 4.69) is 22.9 Å². The predicted molar refractivity (Wildman–Crippen MR) is 78.4 cm³/mol. The third-order valence-corrected chi connectivity index (χ3v) is 3.72. The number of halogens is 1. The molecule has 1 aliphatic heterocycles. The van der Waals surface area contributed by atoms with Gasteiger partial charge in [-0.2, -0.15) is 0 Å². The molecule has 5 heteroatoms. The van der Waals surface area contributed by atoms with Crippen LogP contribution in [0.5, 0.6) is 0 Å². The molecule has 1 amide bonds. The van der Waals surface area contributed by atoms with E-state index >= 15 is 0 Å². The number of aryl methyl sites for hydroxylation is 1. The van der Waals surface area contributed by atoms with Crippen LogP contribution in [0.4, 0.5) is 0 Å². The van der Waals surface area contributed by atoms with E-state index in [-0.39, 0.29) is 12.0 Å². The van der Waals surface area contributed by atoms with Crippen LogP contribution in [-0.4, -0.2) is 41.2 Å². The largest absolute Gasteiger partial charge is 0.377 e. The molecular formula is C14H21BrN2O2. The minimum atomic E-state index is 0.108. The van der Waals surface area contributed by atoms with Gasteiger partial charge in [-0.25, -0.2) is 0 Å². The number of carbonyl (C=O) groups is 1. The lowest BCUT2D eigenvalue weighted by Crippen LogP contribution is -2.37. The minimum absolute atomic E-state index is 0.108. The lowest BCUT2D eigenvalue weighted by atomic mass is 10.3. The molecular weight excluding hydrogens is 308 g/mol. The number of carbonyl (C=O) groups excluding carboxylic acids is 1. The molecule has 1 atom stereocenters. The molecule has 106 valence electrons. The van der Waals surface area contributed by atoms with Crippen molar-refractivity contribution in [1.29, 1.82) is 0 Å². The lowest BCUT2D eigenvalue weighted by Gasteiger charge is -2.22. The van der Waals surface area contributed by atoms with Gasteiger partial charge in [-0.1, -0.05) is 6.92 Å². The van der Waals surface area contributed by atoms with E-state index in [4.69, 9.17) is 4.74 Å². The highest BCUT2D eigenvalue weighted by Crippen LogP contribution is 2.18. The van der Waals surface area contributed by atoms with Gasteiger partial charge in [0.15, 0.2) is 0 Å². The number of rotatable bonds is 3. The van der Waals surface area contributed by atoms with Gasteiger partial charge in [0.25, 0.3) is 5.91 Å². The average Bonchev–Trinajstić information content (AvgIpc) is 2.59. The third-order valence-electron chi connectivity index (χ3n) is 3.29. The van der Waals surface area contributed by atoms with E-state index in [9.17, 15) is 4.79 Å². The van der Waals surface area contributed by atoms with Gasteiger partial charge in [-0.3, -0.25) is 4.79 Å². The molecule has 0 N–H and O–H groups in total. The first-order valence-corrected chi connectivity index (χ1v) is 7.67. The van der Waals surface area contributed by atoms with E-state index in [1.807, 2.05) is 28.7 Å². The Kier molecular flexibility index (Phi) is 5.05. The van der Waals surface area contributed by atoms with Crippen molar-refractivity contribution in [3.63, 3.8) is 0 Å². The Morgan fingerprint density at radius 2 is 2.37 bits per heavy atom. The fraction of sp³-hybridized carbons (Fsp3) is 0.643. The Bertz CT molecular complexity index is 445. The van der Waals surface area contributed by atoms with Crippen molar-refractivity contribution in [3.8, 4) is 0 Å². The van der Waals surface area contributed by atoms with Gasteiger partial charge in [0.05, 0.1) is 6.10 Å². The zero-order chi connectivity index (χ0) is 13.8. The van der Waals surface area contributed by atoms with Crippen LogP contribution in [-0.2, 0) is 11.3 Å². The quantitative estimate of drug-likeness (QED) is 0.855. The first-order chi connectivity index (χ1) is 9.11. The van der Waals surface area contributed by atoms with Gasteiger partial charge in [0.2, 0.25) is 0 Å². The summed E-state index contributed by atoms with van der Waals surface area (Å²) >= 11 is 3.46. The number of nitrogens with zero attached hydrogens (tertiary/aromatic N) is 2. The molecule has 0 aromatic carbocycles. The summed E-state index contributed by atoms with van der Waals surface area (Å²) in [5.74, 6) is 0.108. The second-order valence-electron chi connectivity index (χ2n) is 5.02. The van der Waals surface area contributed by atoms with E-state index in [0.717, 1.165) is 42.7 Å². The van der Waals surface area contributed by atoms with E-state index in [0.29, 0.717) is 6.54 Å². The Labute approximate surface area is 122 Å². The molecule has 0 bridgehead atoms. The Morgan fingerprint density at radius 1 is 1.58 bits per heavy atom. The molecule has 0 radical (unpaired) electrons. The van der Waals surface area contributed by atoms with Crippen LogP contribution in [0, 0.1) is 0 Å². The second kappa shape index (κ2) is 6.57. The van der Waals surface area contributed by atoms with Crippen LogP contribution >= 0.6 is 15.9 Å². The molecule has 0 aliphatic carbocycles. The molecule has 1 aliphatic rings. The smallest absolute Gasteiger partial charge is 0.270 e. The fourth-order valence-corrected chi connectivity index (χ4v) is 2.88. The minimum Gasteiger partial charge on any atom is -0.377 e. The first kappa shape index (κ1) is 14.6. The Hall–Kier alpha value is -0.810. The number of amides is 1. The van der Waals surface area contributed by atoms with Gasteiger partial charge in [-0.15, -0.1) is 0 Å². The van der Waals surface area contributed by atoms with Gasteiger partial charge >= 0.3 is 0 Å². The molecule has 1 aromatic rings. The number of aromatic nitrogens is 1. The van der Waals surface area contributed by atoms with Crippen LogP contribution in [0.25, 0.3) is 0 Å². The van der Waals surface area contributed by atoms with Crippen molar-refractivity contribution < 1.29 is 9.53 Å². The van der Waals surface area contributed by atoms with E-state index in [1.165, 1.54) is 0 Å². The van der Waals surface area contributed by atoms with Crippen LogP contribution in [0.15, 0.2) is 16.7 Å². The number of hydrogen-bond donors (Lipinski definition) is 0. The molecule has 1 aromatic heterocycles. The van der Waals surface area contributed by atoms with Crippen LogP contribution in [0.1, 0.15) is 37.2 Å². The first-order valence-electron chi connectivity index (χ1n) is 6.88. The molecule has 0 saturated carbocycles. The second-order valence-corrected chi connectivity index (χ2v) is 5.94. The van der Waals surface area contributed by atoms with Crippen LogP contribution < -0.4 is 0 Å². The van der Waals surface area contributed by atoms with Crippen molar-refractivity contribution >= 4 is 21.8 Å². The van der Waals surface area contributed by atoms with Crippen LogP contribution in [0.3, 0.4) is 0 Å². The molecule has 2 rings (SSSR count). The summed E-state index contributed by atoms with van der Waals surface area (Å²) < 4.78 is 8.58. The van der Waals surface area contributed by atoms with E-state index < -0.39 is 0 Å². The van der Waals surface area contributed by atoms with Gasteiger partial charge < -0.3 is 14.2 Å². The highest BCUT2D eigenvalue weighted by atomic mass is 79.9. The van der Waals surface area contributed by atoms with Gasteiger partial charge in [0, 0.05) is 36.9 Å². The summed E-state index contributed by atoms with van der Waals surface area (Å²) in [6, 6.07) is 1.91. The van der Waals surface area contributed by atoms with Crippen molar-refractivity contribution in [2.75, 3.05) is 19.7 Å². The predicted octanol–water partition coefficient (Wildman–Crippen LogP) is 2.91. The maximum Gasteiger partial charge on any atom is 0.270 e. The summed E-state index contributed by atoms with van der Waals surface area (Å²) in [5, 5.41) is 0. The number of hydrogen-bond acceptors (Lipinski definition) is 2. The Morgan fingerprint density at radius 3 is 3.11 bits per heavy atom. The monoisotopic (exact) mass is 328 g/mol. The maximum atomic E-state index is 12.6. The van der Waals surface area contributed by atoms with Gasteiger partial charge in [-0.05, 0) is 41.8 Å². The van der Waals surface area contributed by atoms with E-state index in [1.54, 1.807) is 0 Å². The summed E-state index contributed by atoms with van der Waals surface area (Å²) in [7, 11) is 0. The highest BCUT2D eigenvalue weighted by molar-refractivity contribution is 9.10. The van der Waals surface area contributed by atoms with Crippen molar-refractivity contribution in [2.24, 2.45) is 0 Å². The van der Waals surface area contributed by atoms with Crippen molar-refractivity contribution in [1.82, 2.24) is 9.47 Å². The number of ether oxygens (including phenoxy) is 1. The maximum absolute atomic E-state index is 12.6. The molecule has 1 saturated heterocycles. The molecule has 0 spiro atoms. The average molecular weight is 329 g/mol. The fourth-order valence-electron chi connectivity index (χ4n) is 2.42. The SMILES string of the molecule is CCCn1cc(Br)cc1C(=O)N1CCCOC(C)C1. The van der Waals surface area contributed by atoms with Crippen LogP contribution in [0.2, 0.25) is 0 Å². The summed E-state index contributed by atoms with van der Waals surface area (Å²) in [5.41, 5.74) is 0.767. The lowest BCUT2D eigenvalue weighted by molar-refractivity contribution is 0.0556. The molecule has 19 heavy (non-hydrogen) atoms. The molecule has 1 unspecified atom stereocenters. The molecule has 2 heterocycles. The summed E-state index contributed by atoms with van der Waals surface area (Å²) in [6.45, 7) is 7.19. The van der Waals surface area contributed by atoms with Gasteiger partial charge in [0.1, 0.15) is 5.69 Å². The summed E-state index contributed by atoms with van der Waals surface area (Å²) in [6.07, 6.45) is 4.02. The zero-order valence-corrected chi connectivity index (χ0v) is 13.1. The highest BCUT2D eigenvalue weighted by Gasteiger charge is 2.23. The Balaban J connectivity index is 2.17. The standard InChI is InChI=1S/C14H21BrN2O2/c1-3-5-16-10-12(15)8-13(16)14(18)17-6-4-7-19-11(2)9-17/h8,10-11H,3-7,9H2,1-2H3. The van der Waals surface area contributed by atoms with Crippen molar-refractivity contribution in [2.45, 2.75) is 39.3 Å². The molecule has 4 nitrogen and oxygen atoms in total.